The predicted octanol–water partition coefficient (Wildman–Crippen LogP) is 3.22. The van der Waals surface area contributed by atoms with E-state index in [0.29, 0.717) is 19.4 Å². The van der Waals surface area contributed by atoms with Crippen molar-refractivity contribution in [2.45, 2.75) is 38.9 Å². The molecule has 1 N–H and O–H groups in total. The smallest absolute Gasteiger partial charge is 0.354 e. The van der Waals surface area contributed by atoms with E-state index in [9.17, 15) is 18.0 Å². The Kier molecular flexibility index (Phi) is 5.59. The van der Waals surface area contributed by atoms with Gasteiger partial charge in [0.2, 0.25) is 5.91 Å². The Hall–Kier alpha value is -2.62. The van der Waals surface area contributed by atoms with E-state index in [2.05, 4.69) is 20.6 Å². The fourth-order valence-electron chi connectivity index (χ4n) is 2.84. The monoisotopic (exact) mass is 414 g/mol. The number of pyridine rings is 1. The van der Waals surface area contributed by atoms with E-state index in [1.54, 1.807) is 0 Å². The quantitative estimate of drug-likeness (QED) is 0.628. The van der Waals surface area contributed by atoms with Gasteiger partial charge in [-0.25, -0.2) is 0 Å². The first-order valence-electron chi connectivity index (χ1n) is 8.58. The summed E-state index contributed by atoms with van der Waals surface area (Å²) in [6.45, 7) is 3.20. The number of aryl methyl sites for hydroxylation is 1. The van der Waals surface area contributed by atoms with Gasteiger partial charge < -0.3 is 5.32 Å². The first-order valence-corrected chi connectivity index (χ1v) is 8.96. The molecule has 150 valence electrons. The van der Waals surface area contributed by atoms with E-state index in [1.807, 2.05) is 28.8 Å². The van der Waals surface area contributed by atoms with Gasteiger partial charge in [0.25, 0.3) is 0 Å². The summed E-state index contributed by atoms with van der Waals surface area (Å²) in [5.74, 6) is 0.324. The lowest BCUT2D eigenvalue weighted by Crippen LogP contribution is -2.33. The molecule has 1 unspecified atom stereocenters. The maximum Gasteiger partial charge on any atom is 0.436 e. The first kappa shape index (κ1) is 20.1. The number of nitrogens with zero attached hydrogens (tertiary/aromatic N) is 5. The zero-order valence-corrected chi connectivity index (χ0v) is 15.9. The summed E-state index contributed by atoms with van der Waals surface area (Å²) in [6.07, 6.45) is -1.64. The zero-order valence-electron chi connectivity index (χ0n) is 15.2. The second-order valence-corrected chi connectivity index (χ2v) is 6.68. The van der Waals surface area contributed by atoms with Crippen molar-refractivity contribution in [3.05, 3.63) is 46.6 Å². The van der Waals surface area contributed by atoms with Gasteiger partial charge in [-0.15, -0.1) is 10.2 Å². The third kappa shape index (κ3) is 3.96. The van der Waals surface area contributed by atoms with Crippen LogP contribution in [0.25, 0.3) is 5.65 Å². The summed E-state index contributed by atoms with van der Waals surface area (Å²) in [5.41, 5.74) is -0.363. The Balaban J connectivity index is 1.58. The average Bonchev–Trinajstić information content (AvgIpc) is 3.19. The number of carbonyl (C=O) groups excluding carboxylic acids is 1. The van der Waals surface area contributed by atoms with Crippen LogP contribution in [0, 0.1) is 6.92 Å². The van der Waals surface area contributed by atoms with E-state index >= 15 is 0 Å². The van der Waals surface area contributed by atoms with Crippen molar-refractivity contribution in [1.82, 2.24) is 29.7 Å². The number of rotatable bonds is 6. The second kappa shape index (κ2) is 7.78. The molecule has 1 amide bonds. The lowest BCUT2D eigenvalue weighted by atomic mass is 10.2. The number of hydrogen-bond donors (Lipinski definition) is 1. The minimum Gasteiger partial charge on any atom is -0.354 e. The van der Waals surface area contributed by atoms with Crippen LogP contribution in [0.4, 0.5) is 13.2 Å². The zero-order chi connectivity index (χ0) is 20.5. The van der Waals surface area contributed by atoms with E-state index in [-0.39, 0.29) is 5.69 Å². The van der Waals surface area contributed by atoms with Crippen molar-refractivity contribution >= 4 is 23.2 Å². The van der Waals surface area contributed by atoms with Crippen LogP contribution < -0.4 is 5.32 Å². The number of aromatic nitrogens is 5. The summed E-state index contributed by atoms with van der Waals surface area (Å²) < 4.78 is 41.6. The van der Waals surface area contributed by atoms with Crippen molar-refractivity contribution in [3.63, 3.8) is 0 Å². The Bertz CT molecular complexity index is 997. The summed E-state index contributed by atoms with van der Waals surface area (Å²) in [7, 11) is 0. The van der Waals surface area contributed by atoms with Crippen LogP contribution in [0.3, 0.4) is 0 Å². The van der Waals surface area contributed by atoms with Gasteiger partial charge in [0.1, 0.15) is 11.9 Å². The molecule has 0 aromatic carbocycles. The molecule has 3 rings (SSSR count). The van der Waals surface area contributed by atoms with Crippen molar-refractivity contribution in [1.29, 1.82) is 0 Å². The SMILES string of the molecule is Cc1c(Cl)c(C(F)(F)F)nn1C(C)C(=O)NCCCc1nnc2ccccn12. The molecule has 1 atom stereocenters. The number of hydrogen-bond acceptors (Lipinski definition) is 4. The fraction of sp³-hybridized carbons (Fsp3) is 0.412. The number of nitrogens with one attached hydrogen (secondary N) is 1. The van der Waals surface area contributed by atoms with Gasteiger partial charge >= 0.3 is 6.18 Å². The van der Waals surface area contributed by atoms with Crippen LogP contribution in [-0.4, -0.2) is 36.8 Å². The van der Waals surface area contributed by atoms with E-state index in [4.69, 9.17) is 11.6 Å². The van der Waals surface area contributed by atoms with E-state index in [0.717, 1.165) is 16.2 Å². The van der Waals surface area contributed by atoms with Gasteiger partial charge in [-0.05, 0) is 32.4 Å². The highest BCUT2D eigenvalue weighted by molar-refractivity contribution is 6.32. The molecule has 0 spiro atoms. The van der Waals surface area contributed by atoms with Crippen molar-refractivity contribution in [3.8, 4) is 0 Å². The number of amides is 1. The molecular weight excluding hydrogens is 397 g/mol. The second-order valence-electron chi connectivity index (χ2n) is 6.31. The molecule has 0 bridgehead atoms. The Morgan fingerprint density at radius 2 is 2.07 bits per heavy atom. The lowest BCUT2D eigenvalue weighted by molar-refractivity contribution is -0.141. The molecule has 0 aliphatic heterocycles. The van der Waals surface area contributed by atoms with E-state index < -0.39 is 28.8 Å². The summed E-state index contributed by atoms with van der Waals surface area (Å²) in [4.78, 5) is 12.3. The van der Waals surface area contributed by atoms with Crippen LogP contribution in [0.15, 0.2) is 24.4 Å². The third-order valence-corrected chi connectivity index (χ3v) is 4.80. The molecule has 28 heavy (non-hydrogen) atoms. The summed E-state index contributed by atoms with van der Waals surface area (Å²) in [5, 5.41) is 13.8. The third-order valence-electron chi connectivity index (χ3n) is 4.35. The molecule has 0 saturated heterocycles. The molecule has 0 radical (unpaired) electrons. The van der Waals surface area contributed by atoms with Crippen molar-refractivity contribution in [2.75, 3.05) is 6.54 Å². The Morgan fingerprint density at radius 3 is 2.75 bits per heavy atom. The molecule has 0 saturated carbocycles. The molecule has 3 aromatic heterocycles. The molecular formula is C17H18ClF3N6O. The summed E-state index contributed by atoms with van der Waals surface area (Å²) >= 11 is 5.73. The van der Waals surface area contributed by atoms with Gasteiger partial charge in [-0.3, -0.25) is 13.9 Å². The van der Waals surface area contributed by atoms with Crippen LogP contribution in [0.5, 0.6) is 0 Å². The highest BCUT2D eigenvalue weighted by atomic mass is 35.5. The number of carbonyl (C=O) groups is 1. The molecule has 11 heteroatoms. The maximum atomic E-state index is 12.9. The predicted molar refractivity (Wildman–Crippen MR) is 96.0 cm³/mol. The molecule has 3 heterocycles. The van der Waals surface area contributed by atoms with Gasteiger partial charge in [0.15, 0.2) is 11.3 Å². The van der Waals surface area contributed by atoms with Crippen molar-refractivity contribution < 1.29 is 18.0 Å². The largest absolute Gasteiger partial charge is 0.436 e. The van der Waals surface area contributed by atoms with Gasteiger partial charge in [-0.2, -0.15) is 18.3 Å². The van der Waals surface area contributed by atoms with Crippen LogP contribution in [0.2, 0.25) is 5.02 Å². The minimum atomic E-state index is -4.68. The van der Waals surface area contributed by atoms with Crippen LogP contribution >= 0.6 is 11.6 Å². The number of fused-ring (bicyclic) bond motifs is 1. The Morgan fingerprint density at radius 1 is 1.32 bits per heavy atom. The van der Waals surface area contributed by atoms with Gasteiger partial charge in [0, 0.05) is 19.2 Å². The standard InChI is InChI=1S/C17H18ClF3N6O/c1-10-14(18)15(17(19,20)21)25-27(10)11(2)16(28)22-8-5-7-13-24-23-12-6-3-4-9-26(12)13/h3-4,6,9,11H,5,7-8H2,1-2H3,(H,22,28). The highest BCUT2D eigenvalue weighted by Crippen LogP contribution is 2.36. The molecule has 0 fully saturated rings. The highest BCUT2D eigenvalue weighted by Gasteiger charge is 2.39. The molecule has 7 nitrogen and oxygen atoms in total. The molecule has 0 aliphatic carbocycles. The van der Waals surface area contributed by atoms with E-state index in [1.165, 1.54) is 13.8 Å². The molecule has 3 aromatic rings. The van der Waals surface area contributed by atoms with Crippen LogP contribution in [0.1, 0.15) is 36.6 Å². The normalized spacial score (nSPS) is 13.1. The van der Waals surface area contributed by atoms with Crippen LogP contribution in [-0.2, 0) is 17.4 Å². The first-order chi connectivity index (χ1) is 13.2. The topological polar surface area (TPSA) is 77.1 Å². The van der Waals surface area contributed by atoms with Gasteiger partial charge in [-0.1, -0.05) is 17.7 Å². The fourth-order valence-corrected chi connectivity index (χ4v) is 3.07. The Labute approximate surface area is 163 Å². The van der Waals surface area contributed by atoms with Gasteiger partial charge in [0.05, 0.1) is 10.7 Å². The van der Waals surface area contributed by atoms with Crippen molar-refractivity contribution in [2.24, 2.45) is 0 Å². The minimum absolute atomic E-state index is 0.0894. The average molecular weight is 415 g/mol. The summed E-state index contributed by atoms with van der Waals surface area (Å²) in [6, 6.07) is 4.65. The number of halogens is 4. The number of alkyl halides is 3. The maximum absolute atomic E-state index is 12.9. The lowest BCUT2D eigenvalue weighted by Gasteiger charge is -2.14. The molecule has 0 aliphatic rings.